The molecule has 0 unspecified atom stereocenters. The smallest absolute Gasteiger partial charge is 0.235 e. The van der Waals surface area contributed by atoms with Gasteiger partial charge in [0.05, 0.1) is 33.3 Å². The van der Waals surface area contributed by atoms with Crippen LogP contribution in [0.4, 0.5) is 0 Å². The predicted molar refractivity (Wildman–Crippen MR) is 217 cm³/mol. The molecule has 4 heteroatoms. The third-order valence-corrected chi connectivity index (χ3v) is 10.5. The number of aromatic nitrogens is 4. The summed E-state index contributed by atoms with van der Waals surface area (Å²) >= 11 is 0. The van der Waals surface area contributed by atoms with E-state index in [0.717, 1.165) is 44.4 Å². The number of rotatable bonds is 4. The first-order chi connectivity index (χ1) is 25.8. The van der Waals surface area contributed by atoms with Crippen LogP contribution in [0, 0.1) is 0 Å². The Balaban J connectivity index is 1.19. The highest BCUT2D eigenvalue weighted by atomic mass is 15.2. The Labute approximate surface area is 299 Å². The lowest BCUT2D eigenvalue weighted by molar-refractivity contribution is 1.01. The molecule has 0 amide bonds. The Morgan fingerprint density at radius 1 is 0.365 bits per heavy atom. The van der Waals surface area contributed by atoms with Crippen molar-refractivity contribution in [3.63, 3.8) is 0 Å². The highest BCUT2D eigenvalue weighted by Gasteiger charge is 2.21. The largest absolute Gasteiger partial charge is 0.309 e. The molecule has 3 heterocycles. The van der Waals surface area contributed by atoms with Crippen LogP contribution in [0.2, 0.25) is 0 Å². The van der Waals surface area contributed by atoms with Crippen molar-refractivity contribution in [2.24, 2.45) is 0 Å². The lowest BCUT2D eigenvalue weighted by Crippen LogP contribution is -2.03. The van der Waals surface area contributed by atoms with Gasteiger partial charge in [-0.1, -0.05) is 140 Å². The van der Waals surface area contributed by atoms with Gasteiger partial charge < -0.3 is 4.57 Å². The maximum absolute atomic E-state index is 5.43. The summed E-state index contributed by atoms with van der Waals surface area (Å²) in [6.07, 6.45) is 0. The molecule has 0 aliphatic heterocycles. The lowest BCUT2D eigenvalue weighted by Gasteiger charge is -2.13. The summed E-state index contributed by atoms with van der Waals surface area (Å²) in [7, 11) is 0. The number of benzene rings is 8. The summed E-state index contributed by atoms with van der Waals surface area (Å²) in [6, 6.07) is 64.9. The molecule has 0 fully saturated rings. The van der Waals surface area contributed by atoms with Gasteiger partial charge in [-0.25, -0.2) is 9.97 Å². The predicted octanol–water partition coefficient (Wildman–Crippen LogP) is 12.3. The molecule has 0 bridgehead atoms. The fourth-order valence-corrected chi connectivity index (χ4v) is 8.27. The van der Waals surface area contributed by atoms with Gasteiger partial charge in [0.25, 0.3) is 0 Å². The van der Waals surface area contributed by atoms with Crippen molar-refractivity contribution in [2.75, 3.05) is 0 Å². The first-order valence-electron chi connectivity index (χ1n) is 17.7. The van der Waals surface area contributed by atoms with Crippen LogP contribution in [0.5, 0.6) is 0 Å². The molecule has 0 saturated heterocycles. The van der Waals surface area contributed by atoms with Crippen molar-refractivity contribution < 1.29 is 0 Å². The van der Waals surface area contributed by atoms with E-state index >= 15 is 0 Å². The van der Waals surface area contributed by atoms with Crippen LogP contribution in [-0.4, -0.2) is 19.1 Å². The van der Waals surface area contributed by atoms with E-state index < -0.39 is 0 Å². The molecule has 0 N–H and O–H groups in total. The van der Waals surface area contributed by atoms with Crippen molar-refractivity contribution in [3.05, 3.63) is 182 Å². The van der Waals surface area contributed by atoms with Crippen molar-refractivity contribution in [1.82, 2.24) is 19.1 Å². The van der Waals surface area contributed by atoms with Gasteiger partial charge in [0.1, 0.15) is 0 Å². The van der Waals surface area contributed by atoms with Gasteiger partial charge in [-0.3, -0.25) is 4.57 Å². The zero-order valence-corrected chi connectivity index (χ0v) is 28.1. The summed E-state index contributed by atoms with van der Waals surface area (Å²) < 4.78 is 4.63. The van der Waals surface area contributed by atoms with E-state index in [1.807, 2.05) is 0 Å². The molecule has 0 spiro atoms. The summed E-state index contributed by atoms with van der Waals surface area (Å²) in [4.78, 5) is 10.7. The molecule has 4 nitrogen and oxygen atoms in total. The van der Waals surface area contributed by atoms with Crippen LogP contribution in [0.3, 0.4) is 0 Å². The third kappa shape index (κ3) is 4.21. The topological polar surface area (TPSA) is 35.6 Å². The molecular weight excluding hydrogens is 633 g/mol. The molecule has 52 heavy (non-hydrogen) atoms. The minimum absolute atomic E-state index is 0.657. The van der Waals surface area contributed by atoms with Gasteiger partial charge >= 0.3 is 0 Å². The van der Waals surface area contributed by atoms with E-state index in [1.165, 1.54) is 48.9 Å². The first-order valence-corrected chi connectivity index (χ1v) is 17.7. The highest BCUT2D eigenvalue weighted by Crippen LogP contribution is 2.41. The molecule has 11 rings (SSSR count). The monoisotopic (exact) mass is 662 g/mol. The average molecular weight is 663 g/mol. The van der Waals surface area contributed by atoms with E-state index in [1.54, 1.807) is 0 Å². The summed E-state index contributed by atoms with van der Waals surface area (Å²) in [5, 5.41) is 8.23. The van der Waals surface area contributed by atoms with Gasteiger partial charge in [-0.2, -0.15) is 0 Å². The second-order valence-corrected chi connectivity index (χ2v) is 13.4. The van der Waals surface area contributed by atoms with Gasteiger partial charge in [0.2, 0.25) is 5.95 Å². The number of fused-ring (bicyclic) bond motifs is 8. The maximum Gasteiger partial charge on any atom is 0.235 e. The highest BCUT2D eigenvalue weighted by molar-refractivity contribution is 6.17. The minimum atomic E-state index is 0.657. The van der Waals surface area contributed by atoms with Crippen LogP contribution >= 0.6 is 0 Å². The van der Waals surface area contributed by atoms with Crippen LogP contribution in [0.1, 0.15) is 0 Å². The molecule has 3 aromatic heterocycles. The molecule has 0 saturated carbocycles. The standard InChI is InChI=1S/C48H30N4/c1-2-16-33(17-3-1)51-42-25-10-7-19-36(42)37-29-28-32(30-45(37)51)35-22-13-27-44-46(35)40-21-8-11-26-43(40)52(44)48-49-41-24-9-6-20-39(41)47(50-48)38-23-12-15-31-14-4-5-18-34(31)38/h1-30H. The number of hydrogen-bond acceptors (Lipinski definition) is 2. The Morgan fingerprint density at radius 2 is 0.981 bits per heavy atom. The Bertz CT molecular complexity index is 3180. The normalized spacial score (nSPS) is 11.8. The number of hydrogen-bond donors (Lipinski definition) is 0. The van der Waals surface area contributed by atoms with Gasteiger partial charge in [-0.15, -0.1) is 0 Å². The Hall–Kier alpha value is -7.04. The third-order valence-electron chi connectivity index (χ3n) is 10.5. The first kappa shape index (κ1) is 28.8. The molecule has 11 aromatic rings. The molecule has 0 radical (unpaired) electrons. The number of para-hydroxylation sites is 4. The zero-order valence-electron chi connectivity index (χ0n) is 28.1. The molecule has 0 atom stereocenters. The SMILES string of the molecule is c1ccc(-n2c3ccccc3c3ccc(-c4cccc5c4c4ccccc4n5-c4nc(-c5cccc6ccccc56)c5ccccc5n4)cc32)cc1. The van der Waals surface area contributed by atoms with E-state index in [4.69, 9.17) is 9.97 Å². The summed E-state index contributed by atoms with van der Waals surface area (Å²) in [5.74, 6) is 0.657. The van der Waals surface area contributed by atoms with E-state index in [9.17, 15) is 0 Å². The minimum Gasteiger partial charge on any atom is -0.309 e. The van der Waals surface area contributed by atoms with Crippen molar-refractivity contribution in [3.8, 4) is 34.0 Å². The maximum atomic E-state index is 5.43. The van der Waals surface area contributed by atoms with E-state index in [0.29, 0.717) is 5.95 Å². The number of nitrogens with zero attached hydrogens (tertiary/aromatic N) is 4. The second kappa shape index (κ2) is 11.2. The second-order valence-electron chi connectivity index (χ2n) is 13.4. The fraction of sp³-hybridized carbons (Fsp3) is 0. The summed E-state index contributed by atoms with van der Waals surface area (Å²) in [6.45, 7) is 0. The molecular formula is C48H30N4. The van der Waals surface area contributed by atoms with Crippen LogP contribution in [0.15, 0.2) is 182 Å². The molecule has 242 valence electrons. The van der Waals surface area contributed by atoms with Crippen molar-refractivity contribution in [1.29, 1.82) is 0 Å². The zero-order chi connectivity index (χ0) is 34.2. The van der Waals surface area contributed by atoms with Gasteiger partial charge in [0, 0.05) is 38.2 Å². The Morgan fingerprint density at radius 3 is 1.85 bits per heavy atom. The van der Waals surface area contributed by atoms with Crippen LogP contribution in [-0.2, 0) is 0 Å². The van der Waals surface area contributed by atoms with Gasteiger partial charge in [-0.05, 0) is 64.4 Å². The average Bonchev–Trinajstić information content (AvgIpc) is 3.73. The fourth-order valence-electron chi connectivity index (χ4n) is 8.27. The van der Waals surface area contributed by atoms with Crippen LogP contribution in [0.25, 0.3) is 99.3 Å². The van der Waals surface area contributed by atoms with Crippen LogP contribution < -0.4 is 0 Å². The molecule has 0 aliphatic rings. The van der Waals surface area contributed by atoms with Gasteiger partial charge in [0.15, 0.2) is 0 Å². The van der Waals surface area contributed by atoms with E-state index in [2.05, 4.69) is 191 Å². The Kier molecular flexibility index (Phi) is 6.22. The van der Waals surface area contributed by atoms with E-state index in [-0.39, 0.29) is 0 Å². The summed E-state index contributed by atoms with van der Waals surface area (Å²) in [5.41, 5.74) is 11.0. The quantitative estimate of drug-likeness (QED) is 0.188. The van der Waals surface area contributed by atoms with Crippen molar-refractivity contribution in [2.45, 2.75) is 0 Å². The lowest BCUT2D eigenvalue weighted by atomic mass is 9.98. The molecule has 0 aliphatic carbocycles. The van der Waals surface area contributed by atoms with Crippen molar-refractivity contribution >= 4 is 65.3 Å². The molecule has 8 aromatic carbocycles.